The van der Waals surface area contributed by atoms with E-state index in [1.807, 2.05) is 27.7 Å². The smallest absolute Gasteiger partial charge is 0.338 e. The Morgan fingerprint density at radius 2 is 1.59 bits per heavy atom. The monoisotopic (exact) mass is 398 g/mol. The van der Waals surface area contributed by atoms with Crippen molar-refractivity contribution in [2.75, 3.05) is 13.7 Å². The molecule has 0 unspecified atom stereocenters. The van der Waals surface area contributed by atoms with Gasteiger partial charge in [-0.3, -0.25) is 14.8 Å². The zero-order valence-corrected chi connectivity index (χ0v) is 17.3. The second-order valence-corrected chi connectivity index (χ2v) is 7.97. The number of aryl methyl sites for hydroxylation is 1. The Balaban J connectivity index is 2.52. The number of esters is 1. The Labute approximate surface area is 170 Å². The minimum atomic E-state index is -0.663. The number of nitrogens with one attached hydrogen (secondary N) is 2. The number of hydrogen-bond donors (Lipinski definition) is 3. The predicted octanol–water partition coefficient (Wildman–Crippen LogP) is 3.34. The van der Waals surface area contributed by atoms with E-state index in [4.69, 9.17) is 9.94 Å². The number of hydrogen-bond acceptors (Lipinski definition) is 5. The number of hydroxylamine groups is 1. The van der Waals surface area contributed by atoms with E-state index in [-0.39, 0.29) is 22.4 Å². The largest absolute Gasteiger partial charge is 0.465 e. The SMILES string of the molecule is COC(=O)c1cc(C(=O)NCC(C)(C)C)ccc1-c1cc(C(=O)NO)ccc1C. The van der Waals surface area contributed by atoms with Crippen LogP contribution in [0.15, 0.2) is 36.4 Å². The van der Waals surface area contributed by atoms with Gasteiger partial charge in [0.1, 0.15) is 0 Å². The van der Waals surface area contributed by atoms with E-state index in [9.17, 15) is 14.4 Å². The van der Waals surface area contributed by atoms with Crippen molar-refractivity contribution in [3.63, 3.8) is 0 Å². The van der Waals surface area contributed by atoms with E-state index >= 15 is 0 Å². The zero-order valence-electron chi connectivity index (χ0n) is 17.3. The first kappa shape index (κ1) is 22.1. The summed E-state index contributed by atoms with van der Waals surface area (Å²) >= 11 is 0. The highest BCUT2D eigenvalue weighted by Gasteiger charge is 2.20. The summed E-state index contributed by atoms with van der Waals surface area (Å²) in [5.41, 5.74) is 4.25. The zero-order chi connectivity index (χ0) is 21.8. The molecule has 2 amide bonds. The van der Waals surface area contributed by atoms with Crippen LogP contribution in [0.1, 0.15) is 57.4 Å². The minimum Gasteiger partial charge on any atom is -0.465 e. The molecule has 0 aliphatic rings. The number of methoxy groups -OCH3 is 1. The molecule has 0 radical (unpaired) electrons. The third-order valence-electron chi connectivity index (χ3n) is 4.36. The van der Waals surface area contributed by atoms with Crippen molar-refractivity contribution in [3.05, 3.63) is 58.7 Å². The Morgan fingerprint density at radius 3 is 2.17 bits per heavy atom. The van der Waals surface area contributed by atoms with E-state index in [1.54, 1.807) is 35.8 Å². The minimum absolute atomic E-state index is 0.0778. The molecule has 29 heavy (non-hydrogen) atoms. The van der Waals surface area contributed by atoms with Crippen LogP contribution in [0.5, 0.6) is 0 Å². The molecule has 0 saturated heterocycles. The van der Waals surface area contributed by atoms with Crippen LogP contribution in [0.4, 0.5) is 0 Å². The van der Waals surface area contributed by atoms with Crippen molar-refractivity contribution >= 4 is 17.8 Å². The standard InChI is InChI=1S/C22H26N2O5/c1-13-6-7-15(20(26)24-28)10-17(13)16-9-8-14(11-18(16)21(27)29-5)19(25)23-12-22(2,3)4/h6-11,28H,12H2,1-5H3,(H,23,25)(H,24,26). The van der Waals surface area contributed by atoms with Crippen LogP contribution < -0.4 is 10.8 Å². The molecule has 0 atom stereocenters. The third-order valence-corrected chi connectivity index (χ3v) is 4.36. The van der Waals surface area contributed by atoms with E-state index < -0.39 is 11.9 Å². The molecule has 0 aliphatic carbocycles. The second kappa shape index (κ2) is 8.87. The van der Waals surface area contributed by atoms with Gasteiger partial charge in [-0.2, -0.15) is 0 Å². The molecular formula is C22H26N2O5. The Bertz CT molecular complexity index is 945. The number of carbonyl (C=O) groups is 3. The Kier molecular flexibility index (Phi) is 6.76. The van der Waals surface area contributed by atoms with Gasteiger partial charge < -0.3 is 10.1 Å². The molecule has 0 fully saturated rings. The number of rotatable bonds is 5. The number of amides is 2. The van der Waals surface area contributed by atoms with E-state index in [0.29, 0.717) is 23.2 Å². The first-order chi connectivity index (χ1) is 13.6. The lowest BCUT2D eigenvalue weighted by molar-refractivity contribution is 0.0601. The molecule has 0 heterocycles. The van der Waals surface area contributed by atoms with Crippen molar-refractivity contribution < 1.29 is 24.3 Å². The molecule has 7 nitrogen and oxygen atoms in total. The van der Waals surface area contributed by atoms with Crippen LogP contribution in [0.2, 0.25) is 0 Å². The molecule has 2 rings (SSSR count). The van der Waals surface area contributed by atoms with Crippen molar-refractivity contribution in [2.24, 2.45) is 5.41 Å². The first-order valence-electron chi connectivity index (χ1n) is 9.13. The fourth-order valence-electron chi connectivity index (χ4n) is 2.76. The topological polar surface area (TPSA) is 105 Å². The van der Waals surface area contributed by atoms with E-state index in [2.05, 4.69) is 5.32 Å². The second-order valence-electron chi connectivity index (χ2n) is 7.97. The maximum Gasteiger partial charge on any atom is 0.338 e. The highest BCUT2D eigenvalue weighted by atomic mass is 16.5. The summed E-state index contributed by atoms with van der Waals surface area (Å²) in [7, 11) is 1.26. The number of carbonyl (C=O) groups excluding carboxylic acids is 3. The van der Waals surface area contributed by atoms with Crippen LogP contribution >= 0.6 is 0 Å². The van der Waals surface area contributed by atoms with Crippen LogP contribution in [0, 0.1) is 12.3 Å². The first-order valence-corrected chi connectivity index (χ1v) is 9.13. The van der Waals surface area contributed by atoms with Crippen molar-refractivity contribution in [1.29, 1.82) is 0 Å². The fraction of sp³-hybridized carbons (Fsp3) is 0.318. The maximum atomic E-state index is 12.5. The lowest BCUT2D eigenvalue weighted by atomic mass is 9.92. The summed E-state index contributed by atoms with van der Waals surface area (Å²) < 4.78 is 4.90. The number of benzene rings is 2. The summed E-state index contributed by atoms with van der Waals surface area (Å²) in [5.74, 6) is -1.55. The normalized spacial score (nSPS) is 11.0. The predicted molar refractivity (Wildman–Crippen MR) is 109 cm³/mol. The molecular weight excluding hydrogens is 372 g/mol. The van der Waals surface area contributed by atoms with Crippen LogP contribution in [-0.4, -0.2) is 36.6 Å². The molecule has 0 saturated carbocycles. The third kappa shape index (κ3) is 5.42. The Hall–Kier alpha value is -3.19. The van der Waals surface area contributed by atoms with Gasteiger partial charge in [0, 0.05) is 17.7 Å². The van der Waals surface area contributed by atoms with Gasteiger partial charge in [-0.25, -0.2) is 10.3 Å². The highest BCUT2D eigenvalue weighted by Crippen LogP contribution is 2.29. The van der Waals surface area contributed by atoms with Crippen molar-refractivity contribution in [2.45, 2.75) is 27.7 Å². The van der Waals surface area contributed by atoms with E-state index in [1.165, 1.54) is 13.2 Å². The van der Waals surface area contributed by atoms with Gasteiger partial charge in [-0.05, 0) is 53.3 Å². The van der Waals surface area contributed by atoms with Crippen LogP contribution in [0.25, 0.3) is 11.1 Å². The molecule has 0 aliphatic heterocycles. The molecule has 2 aromatic carbocycles. The molecule has 0 spiro atoms. The molecule has 0 bridgehead atoms. The van der Waals surface area contributed by atoms with Gasteiger partial charge in [0.2, 0.25) is 0 Å². The van der Waals surface area contributed by atoms with Gasteiger partial charge in [0.05, 0.1) is 12.7 Å². The lowest BCUT2D eigenvalue weighted by Gasteiger charge is -2.19. The lowest BCUT2D eigenvalue weighted by Crippen LogP contribution is -2.32. The molecule has 7 heteroatoms. The molecule has 154 valence electrons. The molecule has 0 aromatic heterocycles. The summed E-state index contributed by atoms with van der Waals surface area (Å²) in [6.07, 6.45) is 0. The number of ether oxygens (including phenoxy) is 1. The van der Waals surface area contributed by atoms with Crippen LogP contribution in [-0.2, 0) is 4.74 Å². The van der Waals surface area contributed by atoms with Crippen molar-refractivity contribution in [1.82, 2.24) is 10.8 Å². The quantitative estimate of drug-likeness (QED) is 0.407. The fourth-order valence-corrected chi connectivity index (χ4v) is 2.76. The van der Waals surface area contributed by atoms with Gasteiger partial charge >= 0.3 is 5.97 Å². The summed E-state index contributed by atoms with van der Waals surface area (Å²) in [6.45, 7) is 8.34. The average molecular weight is 398 g/mol. The summed E-state index contributed by atoms with van der Waals surface area (Å²) in [4.78, 5) is 36.7. The molecule has 3 N–H and O–H groups in total. The van der Waals surface area contributed by atoms with Gasteiger partial charge in [-0.15, -0.1) is 0 Å². The summed E-state index contributed by atoms with van der Waals surface area (Å²) in [6, 6.07) is 9.61. The van der Waals surface area contributed by atoms with Crippen LogP contribution in [0.3, 0.4) is 0 Å². The van der Waals surface area contributed by atoms with Gasteiger partial charge in [-0.1, -0.05) is 32.9 Å². The highest BCUT2D eigenvalue weighted by molar-refractivity contribution is 6.03. The maximum absolute atomic E-state index is 12.5. The van der Waals surface area contributed by atoms with Gasteiger partial charge in [0.25, 0.3) is 11.8 Å². The molecule has 2 aromatic rings. The van der Waals surface area contributed by atoms with Crippen molar-refractivity contribution in [3.8, 4) is 11.1 Å². The van der Waals surface area contributed by atoms with E-state index in [0.717, 1.165) is 5.56 Å². The van der Waals surface area contributed by atoms with Gasteiger partial charge in [0.15, 0.2) is 0 Å². The summed E-state index contributed by atoms with van der Waals surface area (Å²) in [5, 5.41) is 11.7. The Morgan fingerprint density at radius 1 is 0.966 bits per heavy atom. The average Bonchev–Trinajstić information content (AvgIpc) is 2.70.